The third kappa shape index (κ3) is 2.80. The molecule has 2 amide bonds. The van der Waals surface area contributed by atoms with Gasteiger partial charge in [-0.25, -0.2) is 0 Å². The first kappa shape index (κ1) is 15.5. The lowest BCUT2D eigenvalue weighted by Crippen LogP contribution is -2.68. The maximum Gasteiger partial charge on any atom is 0.248 e. The van der Waals surface area contributed by atoms with E-state index in [1.165, 1.54) is 0 Å². The van der Waals surface area contributed by atoms with Crippen molar-refractivity contribution >= 4 is 11.8 Å². The largest absolute Gasteiger partial charge is 0.340 e. The Balaban J connectivity index is 2.37. The summed E-state index contributed by atoms with van der Waals surface area (Å²) >= 11 is 0. The zero-order valence-corrected chi connectivity index (χ0v) is 13.6. The van der Waals surface area contributed by atoms with E-state index in [1.807, 2.05) is 33.9 Å². The fourth-order valence-corrected chi connectivity index (χ4v) is 2.88. The summed E-state index contributed by atoms with van der Waals surface area (Å²) in [5.74, 6) is -0.0903. The molecule has 0 saturated carbocycles. The van der Waals surface area contributed by atoms with Gasteiger partial charge in [-0.15, -0.1) is 0 Å². The van der Waals surface area contributed by atoms with E-state index in [4.69, 9.17) is 0 Å². The monoisotopic (exact) mass is 292 g/mol. The minimum absolute atomic E-state index is 0.0550. The van der Waals surface area contributed by atoms with Crippen molar-refractivity contribution in [2.75, 3.05) is 0 Å². The van der Waals surface area contributed by atoms with Crippen LogP contribution >= 0.6 is 0 Å². The smallest absolute Gasteiger partial charge is 0.248 e. The van der Waals surface area contributed by atoms with Gasteiger partial charge in [0.2, 0.25) is 11.8 Å². The summed E-state index contributed by atoms with van der Waals surface area (Å²) < 4.78 is 1.76. The minimum Gasteiger partial charge on any atom is -0.340 e. The van der Waals surface area contributed by atoms with Crippen molar-refractivity contribution in [2.24, 2.45) is 13.0 Å². The Morgan fingerprint density at radius 3 is 2.48 bits per heavy atom. The summed E-state index contributed by atoms with van der Waals surface area (Å²) in [5.41, 5.74) is 0.967. The lowest BCUT2D eigenvalue weighted by molar-refractivity contribution is -0.156. The first-order valence-corrected chi connectivity index (χ1v) is 7.26. The molecule has 1 saturated heterocycles. The lowest BCUT2D eigenvalue weighted by Gasteiger charge is -2.44. The summed E-state index contributed by atoms with van der Waals surface area (Å²) in [6, 6.07) is 1.50. The van der Waals surface area contributed by atoms with Gasteiger partial charge < -0.3 is 10.2 Å². The standard InChI is InChI=1S/C15H24N4O2/c1-9(2)12-13(20)16-15(4,5)14(21)19(12)8-11-7-10(3)17-18(11)6/h7,9,12H,8H2,1-6H3,(H,16,20). The van der Waals surface area contributed by atoms with Gasteiger partial charge in [0, 0.05) is 7.05 Å². The van der Waals surface area contributed by atoms with Crippen LogP contribution in [-0.2, 0) is 23.2 Å². The average Bonchev–Trinajstić information content (AvgIpc) is 2.63. The summed E-state index contributed by atoms with van der Waals surface area (Å²) in [6.07, 6.45) is 0. The SMILES string of the molecule is Cc1cc(CN2C(=O)C(C)(C)NC(=O)C2C(C)C)n(C)n1. The quantitative estimate of drug-likeness (QED) is 0.903. The molecule has 0 radical (unpaired) electrons. The van der Waals surface area contributed by atoms with Crippen LogP contribution in [0.2, 0.25) is 0 Å². The van der Waals surface area contributed by atoms with Gasteiger partial charge in [0.25, 0.3) is 0 Å². The highest BCUT2D eigenvalue weighted by molar-refractivity contribution is 5.99. The van der Waals surface area contributed by atoms with Gasteiger partial charge in [0.15, 0.2) is 0 Å². The minimum atomic E-state index is -0.865. The molecule has 1 aliphatic heterocycles. The number of nitrogens with zero attached hydrogens (tertiary/aromatic N) is 3. The number of hydrogen-bond donors (Lipinski definition) is 1. The van der Waals surface area contributed by atoms with Crippen molar-refractivity contribution in [3.63, 3.8) is 0 Å². The van der Waals surface area contributed by atoms with Crippen LogP contribution in [0.3, 0.4) is 0 Å². The summed E-state index contributed by atoms with van der Waals surface area (Å²) in [5, 5.41) is 7.12. The first-order valence-electron chi connectivity index (χ1n) is 7.26. The Morgan fingerprint density at radius 2 is 2.00 bits per heavy atom. The number of rotatable bonds is 3. The number of aryl methyl sites for hydroxylation is 2. The molecule has 1 N–H and O–H groups in total. The molecular formula is C15H24N4O2. The highest BCUT2D eigenvalue weighted by Gasteiger charge is 2.46. The fourth-order valence-electron chi connectivity index (χ4n) is 2.88. The molecule has 1 atom stereocenters. The molecule has 1 aliphatic rings. The van der Waals surface area contributed by atoms with E-state index in [0.717, 1.165) is 11.4 Å². The molecule has 1 aromatic rings. The number of amides is 2. The summed E-state index contributed by atoms with van der Waals surface area (Å²) in [6.45, 7) is 9.71. The van der Waals surface area contributed by atoms with Crippen LogP contribution in [0.5, 0.6) is 0 Å². The van der Waals surface area contributed by atoms with Crippen LogP contribution < -0.4 is 5.32 Å². The van der Waals surface area contributed by atoms with Gasteiger partial charge in [-0.05, 0) is 32.8 Å². The number of aromatic nitrogens is 2. The third-order valence-corrected chi connectivity index (χ3v) is 3.90. The van der Waals surface area contributed by atoms with Crippen LogP contribution in [-0.4, -0.2) is 38.1 Å². The topological polar surface area (TPSA) is 67.2 Å². The Hall–Kier alpha value is -1.85. The van der Waals surface area contributed by atoms with Crippen molar-refractivity contribution in [2.45, 2.75) is 52.7 Å². The molecule has 21 heavy (non-hydrogen) atoms. The molecule has 116 valence electrons. The van der Waals surface area contributed by atoms with E-state index in [2.05, 4.69) is 10.4 Å². The number of piperazine rings is 1. The number of carbonyl (C=O) groups excluding carboxylic acids is 2. The van der Waals surface area contributed by atoms with Crippen LogP contribution in [0.4, 0.5) is 0 Å². The molecule has 6 heteroatoms. The van der Waals surface area contributed by atoms with Gasteiger partial charge in [-0.1, -0.05) is 13.8 Å². The maximum atomic E-state index is 12.7. The summed E-state index contributed by atoms with van der Waals surface area (Å²) in [7, 11) is 1.85. The zero-order valence-electron chi connectivity index (χ0n) is 13.6. The highest BCUT2D eigenvalue weighted by atomic mass is 16.2. The van der Waals surface area contributed by atoms with E-state index in [1.54, 1.807) is 23.4 Å². The molecule has 0 spiro atoms. The Bertz CT molecular complexity index is 574. The number of carbonyl (C=O) groups is 2. The highest BCUT2D eigenvalue weighted by Crippen LogP contribution is 2.24. The number of nitrogens with one attached hydrogen (secondary N) is 1. The molecular weight excluding hydrogens is 268 g/mol. The van der Waals surface area contributed by atoms with Crippen molar-refractivity contribution in [3.05, 3.63) is 17.5 Å². The molecule has 0 aliphatic carbocycles. The lowest BCUT2D eigenvalue weighted by atomic mass is 9.91. The molecule has 1 aromatic heterocycles. The van der Waals surface area contributed by atoms with Gasteiger partial charge >= 0.3 is 0 Å². The maximum absolute atomic E-state index is 12.7. The average molecular weight is 292 g/mol. The molecule has 1 unspecified atom stereocenters. The Morgan fingerprint density at radius 1 is 1.38 bits per heavy atom. The predicted molar refractivity (Wildman–Crippen MR) is 79.3 cm³/mol. The van der Waals surface area contributed by atoms with Crippen molar-refractivity contribution < 1.29 is 9.59 Å². The van der Waals surface area contributed by atoms with E-state index < -0.39 is 11.6 Å². The first-order chi connectivity index (χ1) is 9.63. The van der Waals surface area contributed by atoms with Gasteiger partial charge in [-0.3, -0.25) is 14.3 Å². The molecule has 6 nitrogen and oxygen atoms in total. The van der Waals surface area contributed by atoms with E-state index in [-0.39, 0.29) is 17.7 Å². The second kappa shape index (κ2) is 5.16. The van der Waals surface area contributed by atoms with Crippen molar-refractivity contribution in [1.82, 2.24) is 20.0 Å². The predicted octanol–water partition coefficient (Wildman–Crippen LogP) is 0.990. The zero-order chi connectivity index (χ0) is 15.9. The van der Waals surface area contributed by atoms with Crippen LogP contribution in [0.1, 0.15) is 39.1 Å². The van der Waals surface area contributed by atoms with Gasteiger partial charge in [0.05, 0.1) is 17.9 Å². The van der Waals surface area contributed by atoms with Crippen molar-refractivity contribution in [3.8, 4) is 0 Å². The molecule has 2 rings (SSSR count). The van der Waals surface area contributed by atoms with Crippen LogP contribution in [0.25, 0.3) is 0 Å². The van der Waals surface area contributed by atoms with Gasteiger partial charge in [-0.2, -0.15) is 5.10 Å². The second-order valence-corrected chi connectivity index (χ2v) is 6.64. The normalized spacial score (nSPS) is 21.9. The van der Waals surface area contributed by atoms with Crippen molar-refractivity contribution in [1.29, 1.82) is 0 Å². The van der Waals surface area contributed by atoms with Crippen LogP contribution in [0, 0.1) is 12.8 Å². The van der Waals surface area contributed by atoms with E-state index in [9.17, 15) is 9.59 Å². The van der Waals surface area contributed by atoms with Gasteiger partial charge in [0.1, 0.15) is 11.6 Å². The fraction of sp³-hybridized carbons (Fsp3) is 0.667. The van der Waals surface area contributed by atoms with Crippen LogP contribution in [0.15, 0.2) is 6.07 Å². The number of hydrogen-bond acceptors (Lipinski definition) is 3. The third-order valence-electron chi connectivity index (χ3n) is 3.90. The summed E-state index contributed by atoms with van der Waals surface area (Å²) in [4.78, 5) is 26.8. The molecule has 0 bridgehead atoms. The Kier molecular flexibility index (Phi) is 3.82. The molecule has 0 aromatic carbocycles. The van der Waals surface area contributed by atoms with E-state index >= 15 is 0 Å². The molecule has 1 fully saturated rings. The molecule has 2 heterocycles. The van der Waals surface area contributed by atoms with E-state index in [0.29, 0.717) is 6.54 Å². The second-order valence-electron chi connectivity index (χ2n) is 6.64. The Labute approximate surface area is 125 Å².